The highest BCUT2D eigenvalue weighted by molar-refractivity contribution is 6.36. The average Bonchev–Trinajstić information content (AvgIpc) is 3.06. The van der Waals surface area contributed by atoms with Crippen molar-refractivity contribution in [1.29, 1.82) is 0 Å². The number of benzene rings is 2. The summed E-state index contributed by atoms with van der Waals surface area (Å²) in [4.78, 5) is 21.5. The Morgan fingerprint density at radius 1 is 1.10 bits per heavy atom. The van der Waals surface area contributed by atoms with Crippen molar-refractivity contribution in [2.75, 3.05) is 25.6 Å². The number of aromatic nitrogens is 4. The van der Waals surface area contributed by atoms with Gasteiger partial charge in [0.15, 0.2) is 0 Å². The van der Waals surface area contributed by atoms with E-state index >= 15 is 0 Å². The summed E-state index contributed by atoms with van der Waals surface area (Å²) in [5.41, 5.74) is 2.76. The number of anilines is 2. The molecule has 4 heterocycles. The summed E-state index contributed by atoms with van der Waals surface area (Å²) < 4.78 is 53.2. The molecule has 3 aromatic heterocycles. The number of nitrogens with zero attached hydrogens (tertiary/aromatic N) is 4. The van der Waals surface area contributed by atoms with Crippen molar-refractivity contribution in [2.45, 2.75) is 38.2 Å². The molecule has 0 amide bonds. The van der Waals surface area contributed by atoms with Gasteiger partial charge in [0.25, 0.3) is 5.56 Å². The van der Waals surface area contributed by atoms with Crippen molar-refractivity contribution in [1.82, 2.24) is 25.1 Å². The van der Waals surface area contributed by atoms with Gasteiger partial charge in [0.1, 0.15) is 11.5 Å². The maximum absolute atomic E-state index is 13.8. The molecule has 0 radical (unpaired) electrons. The normalized spacial score (nSPS) is 16.7. The molecular formula is C34H32ClF3N6O4. The van der Waals surface area contributed by atoms with Gasteiger partial charge in [-0.25, -0.2) is 14.6 Å². The molecule has 250 valence electrons. The summed E-state index contributed by atoms with van der Waals surface area (Å²) in [6.07, 6.45) is -3.44. The molecule has 48 heavy (non-hydrogen) atoms. The van der Waals surface area contributed by atoms with E-state index in [4.69, 9.17) is 26.1 Å². The molecule has 14 heteroatoms. The summed E-state index contributed by atoms with van der Waals surface area (Å²) >= 11 is 7.02. The Morgan fingerprint density at radius 3 is 2.60 bits per heavy atom. The van der Waals surface area contributed by atoms with Gasteiger partial charge >= 0.3 is 6.18 Å². The number of nitrogens with one attached hydrogen (secondary N) is 2. The van der Waals surface area contributed by atoms with Crippen molar-refractivity contribution in [3.8, 4) is 28.3 Å². The van der Waals surface area contributed by atoms with Gasteiger partial charge in [-0.2, -0.15) is 18.3 Å². The molecule has 0 aliphatic carbocycles. The Bertz CT molecular complexity index is 2060. The minimum absolute atomic E-state index is 0.0124. The lowest BCUT2D eigenvalue weighted by atomic mass is 9.96. The predicted molar refractivity (Wildman–Crippen MR) is 177 cm³/mol. The van der Waals surface area contributed by atoms with Gasteiger partial charge < -0.3 is 25.2 Å². The number of hydrogen-bond acceptors (Lipinski definition) is 9. The van der Waals surface area contributed by atoms with Crippen LogP contribution < -0.4 is 20.9 Å². The SMILES string of the molecule is COc1nc(-c2cccc(-c3cccc(Nc4nc(C(F)(F)F)cc5cnn(C)c(=O)c45)c3C)c2Cl)ccc1CN[C@H]1CCOC[C@H]1O. The zero-order chi connectivity index (χ0) is 34.2. The topological polar surface area (TPSA) is 123 Å². The van der Waals surface area contributed by atoms with Gasteiger partial charge in [-0.15, -0.1) is 0 Å². The van der Waals surface area contributed by atoms with Crippen LogP contribution >= 0.6 is 11.6 Å². The number of aliphatic hydroxyl groups is 1. The van der Waals surface area contributed by atoms with E-state index in [0.29, 0.717) is 64.1 Å². The molecule has 0 bridgehead atoms. The molecule has 1 aliphatic heterocycles. The van der Waals surface area contributed by atoms with E-state index in [1.807, 2.05) is 36.4 Å². The predicted octanol–water partition coefficient (Wildman–Crippen LogP) is 6.03. The summed E-state index contributed by atoms with van der Waals surface area (Å²) in [5.74, 6) is 0.174. The largest absolute Gasteiger partial charge is 0.481 e. The number of hydrogen-bond donors (Lipinski definition) is 3. The van der Waals surface area contributed by atoms with E-state index in [0.717, 1.165) is 16.3 Å². The number of pyridine rings is 2. The van der Waals surface area contributed by atoms with E-state index < -0.39 is 23.5 Å². The molecule has 2 aromatic carbocycles. The fourth-order valence-electron chi connectivity index (χ4n) is 5.75. The standard InChI is InChI=1S/C34H32ClF3N6O4/c1-18-21(6-5-9-24(18)41-31-29-20(16-40-44(2)33(29)46)14-28(43-31)34(36,37)38)22-7-4-8-23(30(22)35)25-11-10-19(32(42-25)47-3)15-39-26-12-13-48-17-27(26)45/h4-11,14,16,26-27,39,45H,12-13,15,17H2,1-3H3,(H,41,43)/t26-,27+/m0/s1. The van der Waals surface area contributed by atoms with Crippen LogP contribution in [0.1, 0.15) is 23.2 Å². The third-order valence-corrected chi connectivity index (χ3v) is 8.79. The Morgan fingerprint density at radius 2 is 1.85 bits per heavy atom. The molecule has 6 rings (SSSR count). The molecule has 5 aromatic rings. The third kappa shape index (κ3) is 6.59. The number of alkyl halides is 3. The molecule has 0 spiro atoms. The molecule has 1 fully saturated rings. The molecular weight excluding hydrogens is 649 g/mol. The molecule has 3 N–H and O–H groups in total. The van der Waals surface area contributed by atoms with Crippen molar-refractivity contribution in [3.05, 3.63) is 93.0 Å². The lowest BCUT2D eigenvalue weighted by molar-refractivity contribution is -0.141. The summed E-state index contributed by atoms with van der Waals surface area (Å²) in [5, 5.41) is 20.8. The number of aryl methyl sites for hydroxylation is 1. The van der Waals surface area contributed by atoms with Crippen molar-refractivity contribution < 1.29 is 27.8 Å². The van der Waals surface area contributed by atoms with Crippen LogP contribution in [-0.4, -0.2) is 57.3 Å². The number of methoxy groups -OCH3 is 1. The van der Waals surface area contributed by atoms with Crippen molar-refractivity contribution in [3.63, 3.8) is 0 Å². The van der Waals surface area contributed by atoms with E-state index in [-0.39, 0.29) is 29.2 Å². The molecule has 1 saturated heterocycles. The van der Waals surface area contributed by atoms with Gasteiger partial charge in [-0.05, 0) is 42.7 Å². The summed E-state index contributed by atoms with van der Waals surface area (Å²) in [6, 6.07) is 15.2. The van der Waals surface area contributed by atoms with Gasteiger partial charge in [0, 0.05) is 54.0 Å². The maximum atomic E-state index is 13.8. The number of halogens is 4. The fourth-order valence-corrected chi connectivity index (χ4v) is 6.08. The zero-order valence-corrected chi connectivity index (χ0v) is 27.0. The number of rotatable bonds is 8. The first-order valence-electron chi connectivity index (χ1n) is 15.1. The van der Waals surface area contributed by atoms with Crippen molar-refractivity contribution in [2.24, 2.45) is 7.05 Å². The van der Waals surface area contributed by atoms with E-state index in [2.05, 4.69) is 20.7 Å². The number of fused-ring (bicyclic) bond motifs is 1. The Hall–Kier alpha value is -4.56. The average molecular weight is 681 g/mol. The molecule has 0 saturated carbocycles. The number of aliphatic hydroxyl groups excluding tert-OH is 1. The van der Waals surface area contributed by atoms with Crippen LogP contribution in [0.2, 0.25) is 5.02 Å². The minimum atomic E-state index is -4.74. The maximum Gasteiger partial charge on any atom is 0.433 e. The zero-order valence-electron chi connectivity index (χ0n) is 26.2. The molecule has 0 unspecified atom stereocenters. The Labute approximate surface area is 278 Å². The lowest BCUT2D eigenvalue weighted by Crippen LogP contribution is -2.46. The van der Waals surface area contributed by atoms with Crippen LogP contribution in [0.5, 0.6) is 5.88 Å². The molecule has 1 aliphatic rings. The van der Waals surface area contributed by atoms with Crippen LogP contribution in [-0.2, 0) is 24.5 Å². The molecule has 2 atom stereocenters. The second-order valence-corrected chi connectivity index (χ2v) is 11.8. The third-order valence-electron chi connectivity index (χ3n) is 8.38. The number of ether oxygens (including phenoxy) is 2. The first kappa shape index (κ1) is 33.3. The Kier molecular flexibility index (Phi) is 9.39. The smallest absolute Gasteiger partial charge is 0.433 e. The second kappa shape index (κ2) is 13.5. The second-order valence-electron chi connectivity index (χ2n) is 11.4. The minimum Gasteiger partial charge on any atom is -0.481 e. The van der Waals surface area contributed by atoms with Crippen molar-refractivity contribution >= 4 is 33.9 Å². The van der Waals surface area contributed by atoms with E-state index in [1.165, 1.54) is 20.4 Å². The summed E-state index contributed by atoms with van der Waals surface area (Å²) in [7, 11) is 2.95. The highest BCUT2D eigenvalue weighted by Gasteiger charge is 2.34. The highest BCUT2D eigenvalue weighted by atomic mass is 35.5. The quantitative estimate of drug-likeness (QED) is 0.180. The van der Waals surface area contributed by atoms with Crippen LogP contribution in [0, 0.1) is 6.92 Å². The van der Waals surface area contributed by atoms with Crippen LogP contribution in [0.3, 0.4) is 0 Å². The van der Waals surface area contributed by atoms with E-state index in [9.17, 15) is 23.1 Å². The highest BCUT2D eigenvalue weighted by Crippen LogP contribution is 2.40. The molecule has 10 nitrogen and oxygen atoms in total. The lowest BCUT2D eigenvalue weighted by Gasteiger charge is -2.28. The first-order chi connectivity index (χ1) is 23.0. The first-order valence-corrected chi connectivity index (χ1v) is 15.5. The monoisotopic (exact) mass is 680 g/mol. The summed E-state index contributed by atoms with van der Waals surface area (Å²) in [6.45, 7) is 3.10. The van der Waals surface area contributed by atoms with Gasteiger partial charge in [0.05, 0.1) is 42.1 Å². The van der Waals surface area contributed by atoms with Crippen LogP contribution in [0.4, 0.5) is 24.7 Å². The fraction of sp³-hybridized carbons (Fsp3) is 0.294. The van der Waals surface area contributed by atoms with Gasteiger partial charge in [0.2, 0.25) is 5.88 Å². The van der Waals surface area contributed by atoms with Gasteiger partial charge in [-0.1, -0.05) is 48.0 Å². The van der Waals surface area contributed by atoms with Gasteiger partial charge in [-0.3, -0.25) is 4.79 Å². The van der Waals surface area contributed by atoms with Crippen LogP contribution in [0.15, 0.2) is 65.6 Å². The Balaban J connectivity index is 1.34. The van der Waals surface area contributed by atoms with E-state index in [1.54, 1.807) is 19.1 Å². The van der Waals surface area contributed by atoms with Crippen LogP contribution in [0.25, 0.3) is 33.2 Å².